The standard InChI is InChI=1S/C21H37NO/c1-2-3-4-5-6-7-8-9-10-11-12-13-14-15-18-21(23)22-19-16-17-20-22/h8-9,12-13H,2-7,10-11,14-20H2,1H3/b9-8-,13-12-. The molecule has 0 unspecified atom stereocenters. The van der Waals surface area contributed by atoms with Crippen molar-refractivity contribution in [1.82, 2.24) is 4.90 Å². The Labute approximate surface area is 144 Å². The zero-order valence-corrected chi connectivity index (χ0v) is 15.3. The highest BCUT2D eigenvalue weighted by molar-refractivity contribution is 5.76. The SMILES string of the molecule is CCCCCCC/C=C\CC/C=C\CCCC(=O)N1CCCC1. The van der Waals surface area contributed by atoms with E-state index in [9.17, 15) is 4.79 Å². The maximum atomic E-state index is 11.9. The van der Waals surface area contributed by atoms with E-state index in [1.54, 1.807) is 0 Å². The van der Waals surface area contributed by atoms with Gasteiger partial charge in [-0.2, -0.15) is 0 Å². The van der Waals surface area contributed by atoms with Crippen LogP contribution in [-0.4, -0.2) is 23.9 Å². The van der Waals surface area contributed by atoms with E-state index >= 15 is 0 Å². The molecule has 0 aromatic carbocycles. The maximum absolute atomic E-state index is 11.9. The van der Waals surface area contributed by atoms with Crippen molar-refractivity contribution in [3.63, 3.8) is 0 Å². The average Bonchev–Trinajstić information content (AvgIpc) is 3.09. The van der Waals surface area contributed by atoms with Gasteiger partial charge in [-0.1, -0.05) is 56.9 Å². The van der Waals surface area contributed by atoms with Crippen molar-refractivity contribution < 1.29 is 4.79 Å². The molecule has 0 saturated carbocycles. The van der Waals surface area contributed by atoms with Gasteiger partial charge in [0.15, 0.2) is 0 Å². The van der Waals surface area contributed by atoms with Gasteiger partial charge in [-0.3, -0.25) is 4.79 Å². The summed E-state index contributed by atoms with van der Waals surface area (Å²) >= 11 is 0. The average molecular weight is 320 g/mol. The van der Waals surface area contributed by atoms with E-state index in [1.165, 1.54) is 51.4 Å². The summed E-state index contributed by atoms with van der Waals surface area (Å²) in [5, 5.41) is 0. The molecule has 1 aliphatic heterocycles. The molecule has 1 amide bonds. The molecular formula is C21H37NO. The van der Waals surface area contributed by atoms with E-state index in [1.807, 2.05) is 4.90 Å². The number of rotatable bonds is 13. The highest BCUT2D eigenvalue weighted by Crippen LogP contribution is 2.11. The van der Waals surface area contributed by atoms with Crippen LogP contribution in [0.15, 0.2) is 24.3 Å². The number of allylic oxidation sites excluding steroid dienone is 4. The topological polar surface area (TPSA) is 20.3 Å². The molecule has 0 radical (unpaired) electrons. The second-order valence-electron chi connectivity index (χ2n) is 6.70. The summed E-state index contributed by atoms with van der Waals surface area (Å²) in [7, 11) is 0. The third-order valence-corrected chi connectivity index (χ3v) is 4.53. The monoisotopic (exact) mass is 319 g/mol. The number of likely N-dealkylation sites (tertiary alicyclic amines) is 1. The minimum absolute atomic E-state index is 0.359. The van der Waals surface area contributed by atoms with Gasteiger partial charge in [0.1, 0.15) is 0 Å². The molecule has 0 aliphatic carbocycles. The number of carbonyl (C=O) groups is 1. The number of amides is 1. The Morgan fingerprint density at radius 3 is 2.00 bits per heavy atom. The van der Waals surface area contributed by atoms with Gasteiger partial charge in [-0.05, 0) is 51.4 Å². The second-order valence-corrected chi connectivity index (χ2v) is 6.70. The van der Waals surface area contributed by atoms with Crippen molar-refractivity contribution in [2.45, 2.75) is 90.4 Å². The number of carbonyl (C=O) groups excluding carboxylic acids is 1. The molecule has 0 aromatic heterocycles. The molecule has 0 spiro atoms. The molecule has 1 aliphatic rings. The van der Waals surface area contributed by atoms with Gasteiger partial charge in [0, 0.05) is 19.5 Å². The van der Waals surface area contributed by atoms with E-state index in [-0.39, 0.29) is 0 Å². The Kier molecular flexibility index (Phi) is 12.6. The largest absolute Gasteiger partial charge is 0.343 e. The molecule has 0 N–H and O–H groups in total. The third kappa shape index (κ3) is 11.2. The van der Waals surface area contributed by atoms with Crippen molar-refractivity contribution in [3.8, 4) is 0 Å². The van der Waals surface area contributed by atoms with E-state index in [0.29, 0.717) is 5.91 Å². The first-order valence-corrected chi connectivity index (χ1v) is 9.92. The van der Waals surface area contributed by atoms with Crippen molar-refractivity contribution in [3.05, 3.63) is 24.3 Å². The van der Waals surface area contributed by atoms with Crippen molar-refractivity contribution in [2.75, 3.05) is 13.1 Å². The number of hydrogen-bond acceptors (Lipinski definition) is 1. The fourth-order valence-electron chi connectivity index (χ4n) is 3.03. The summed E-state index contributed by atoms with van der Waals surface area (Å²) in [6, 6.07) is 0. The summed E-state index contributed by atoms with van der Waals surface area (Å²) in [5.41, 5.74) is 0. The first-order chi connectivity index (χ1) is 11.3. The highest BCUT2D eigenvalue weighted by atomic mass is 16.2. The van der Waals surface area contributed by atoms with Gasteiger partial charge in [0.05, 0.1) is 0 Å². The van der Waals surface area contributed by atoms with Crippen LogP contribution in [0.1, 0.15) is 90.4 Å². The maximum Gasteiger partial charge on any atom is 0.222 e. The zero-order valence-electron chi connectivity index (χ0n) is 15.3. The van der Waals surface area contributed by atoms with Crippen LogP contribution < -0.4 is 0 Å². The zero-order chi connectivity index (χ0) is 16.6. The van der Waals surface area contributed by atoms with Gasteiger partial charge in [-0.25, -0.2) is 0 Å². The van der Waals surface area contributed by atoms with Crippen LogP contribution >= 0.6 is 0 Å². The molecule has 1 rings (SSSR count). The van der Waals surface area contributed by atoms with Crippen LogP contribution in [0.3, 0.4) is 0 Å². The van der Waals surface area contributed by atoms with E-state index < -0.39 is 0 Å². The summed E-state index contributed by atoms with van der Waals surface area (Å²) < 4.78 is 0. The minimum Gasteiger partial charge on any atom is -0.343 e. The molecule has 0 aromatic rings. The van der Waals surface area contributed by atoms with Crippen molar-refractivity contribution >= 4 is 5.91 Å². The van der Waals surface area contributed by atoms with Crippen LogP contribution in [-0.2, 0) is 4.79 Å². The first-order valence-electron chi connectivity index (χ1n) is 9.92. The molecule has 2 heteroatoms. The Balaban J connectivity index is 1.85. The molecule has 1 heterocycles. The lowest BCUT2D eigenvalue weighted by molar-refractivity contribution is -0.130. The summed E-state index contributed by atoms with van der Waals surface area (Å²) in [6.45, 7) is 4.23. The van der Waals surface area contributed by atoms with Crippen LogP contribution in [0.5, 0.6) is 0 Å². The lowest BCUT2D eigenvalue weighted by Crippen LogP contribution is -2.27. The predicted molar refractivity (Wildman–Crippen MR) is 101 cm³/mol. The smallest absolute Gasteiger partial charge is 0.222 e. The van der Waals surface area contributed by atoms with Gasteiger partial charge >= 0.3 is 0 Å². The van der Waals surface area contributed by atoms with Gasteiger partial charge in [-0.15, -0.1) is 0 Å². The number of unbranched alkanes of at least 4 members (excludes halogenated alkanes) is 7. The summed E-state index contributed by atoms with van der Waals surface area (Å²) in [6.07, 6.45) is 24.7. The third-order valence-electron chi connectivity index (χ3n) is 4.53. The fourth-order valence-corrected chi connectivity index (χ4v) is 3.03. The lowest BCUT2D eigenvalue weighted by Gasteiger charge is -2.14. The Morgan fingerprint density at radius 1 is 0.783 bits per heavy atom. The summed E-state index contributed by atoms with van der Waals surface area (Å²) in [5.74, 6) is 0.359. The minimum atomic E-state index is 0.359. The first kappa shape index (κ1) is 20.0. The Morgan fingerprint density at radius 2 is 1.35 bits per heavy atom. The second kappa shape index (κ2) is 14.5. The molecule has 132 valence electrons. The predicted octanol–water partition coefficient (Wildman–Crippen LogP) is 6.03. The Bertz CT molecular complexity index is 340. The molecule has 0 bridgehead atoms. The number of nitrogens with zero attached hydrogens (tertiary/aromatic N) is 1. The molecular weight excluding hydrogens is 282 g/mol. The lowest BCUT2D eigenvalue weighted by atomic mass is 10.1. The molecule has 23 heavy (non-hydrogen) atoms. The van der Waals surface area contributed by atoms with E-state index in [2.05, 4.69) is 31.2 Å². The molecule has 0 atom stereocenters. The van der Waals surface area contributed by atoms with Crippen LogP contribution in [0.4, 0.5) is 0 Å². The molecule has 2 nitrogen and oxygen atoms in total. The fraction of sp³-hybridized carbons (Fsp3) is 0.762. The van der Waals surface area contributed by atoms with Crippen LogP contribution in [0, 0.1) is 0 Å². The normalized spacial score (nSPS) is 15.3. The van der Waals surface area contributed by atoms with Gasteiger partial charge in [0.2, 0.25) is 5.91 Å². The van der Waals surface area contributed by atoms with Crippen molar-refractivity contribution in [2.24, 2.45) is 0 Å². The Hall–Kier alpha value is -1.05. The molecule has 1 fully saturated rings. The van der Waals surface area contributed by atoms with Crippen molar-refractivity contribution in [1.29, 1.82) is 0 Å². The summed E-state index contributed by atoms with van der Waals surface area (Å²) in [4.78, 5) is 13.9. The quantitative estimate of drug-likeness (QED) is 0.300. The number of hydrogen-bond donors (Lipinski definition) is 0. The van der Waals surface area contributed by atoms with E-state index in [0.717, 1.165) is 45.2 Å². The van der Waals surface area contributed by atoms with Gasteiger partial charge < -0.3 is 4.90 Å². The molecule has 1 saturated heterocycles. The highest BCUT2D eigenvalue weighted by Gasteiger charge is 2.16. The van der Waals surface area contributed by atoms with Gasteiger partial charge in [0.25, 0.3) is 0 Å². The van der Waals surface area contributed by atoms with Crippen LogP contribution in [0.25, 0.3) is 0 Å². The van der Waals surface area contributed by atoms with E-state index in [4.69, 9.17) is 0 Å². The van der Waals surface area contributed by atoms with Crippen LogP contribution in [0.2, 0.25) is 0 Å².